The lowest BCUT2D eigenvalue weighted by molar-refractivity contribution is -0.167. The first kappa shape index (κ1) is 58.9. The highest BCUT2D eigenvalue weighted by Gasteiger charge is 2.19. The van der Waals surface area contributed by atoms with Gasteiger partial charge in [0.1, 0.15) is 13.2 Å². The SMILES string of the molecule is CCCCCC/C=C\CCCCCCCCCC(=O)OC[C@H](COC(=O)CCCCCCCCCCCCCCC)OC(=O)CCCCCCC/C=C\CCCCCCCC. The van der Waals surface area contributed by atoms with Crippen molar-refractivity contribution in [1.82, 2.24) is 0 Å². The first-order valence-corrected chi connectivity index (χ1v) is 26.8. The predicted molar refractivity (Wildman–Crippen MR) is 261 cm³/mol. The molecule has 0 bridgehead atoms. The van der Waals surface area contributed by atoms with E-state index in [9.17, 15) is 14.4 Å². The second-order valence-corrected chi connectivity index (χ2v) is 18.1. The Bertz CT molecular complexity index is 989. The third-order valence-electron chi connectivity index (χ3n) is 11.9. The van der Waals surface area contributed by atoms with Crippen molar-refractivity contribution in [3.05, 3.63) is 24.3 Å². The van der Waals surface area contributed by atoms with Crippen LogP contribution in [0.4, 0.5) is 0 Å². The van der Waals surface area contributed by atoms with Gasteiger partial charge in [0.05, 0.1) is 0 Å². The maximum atomic E-state index is 12.8. The fraction of sp³-hybridized carbons (Fsp3) is 0.873. The summed E-state index contributed by atoms with van der Waals surface area (Å²) in [5, 5.41) is 0. The number of unbranched alkanes of at least 4 members (excludes halogenated alkanes) is 34. The van der Waals surface area contributed by atoms with E-state index in [-0.39, 0.29) is 31.1 Å². The minimum absolute atomic E-state index is 0.0720. The molecule has 0 unspecified atom stereocenters. The molecule has 0 radical (unpaired) electrons. The Morgan fingerprint density at radius 2 is 0.541 bits per heavy atom. The summed E-state index contributed by atoms with van der Waals surface area (Å²) in [4.78, 5) is 38.0. The monoisotopic (exact) mass is 859 g/mol. The standard InChI is InChI=1S/C55H102O6/c1-4-7-10-13-16-19-22-25-27-30-33-36-39-42-45-48-54(57)60-51-52(50-59-53(56)47-44-41-38-35-32-29-24-21-18-15-12-9-6-3)61-55(58)49-46-43-40-37-34-31-28-26-23-20-17-14-11-8-5-2/h19,22,26,28,52H,4-18,20-21,23-25,27,29-51H2,1-3H3/b22-19-,28-26-/t52-/m0/s1. The van der Waals surface area contributed by atoms with Crippen LogP contribution in [0.25, 0.3) is 0 Å². The molecule has 0 heterocycles. The van der Waals surface area contributed by atoms with Gasteiger partial charge < -0.3 is 14.2 Å². The molecule has 0 saturated heterocycles. The molecule has 0 fully saturated rings. The van der Waals surface area contributed by atoms with E-state index in [1.165, 1.54) is 186 Å². The molecule has 0 aliphatic carbocycles. The average Bonchev–Trinajstić information content (AvgIpc) is 3.26. The fourth-order valence-electron chi connectivity index (χ4n) is 7.84. The molecule has 0 saturated carbocycles. The Kier molecular flexibility index (Phi) is 48.8. The number of hydrogen-bond donors (Lipinski definition) is 0. The Balaban J connectivity index is 4.36. The van der Waals surface area contributed by atoms with Crippen molar-refractivity contribution >= 4 is 17.9 Å². The van der Waals surface area contributed by atoms with E-state index in [0.717, 1.165) is 64.2 Å². The second-order valence-electron chi connectivity index (χ2n) is 18.1. The number of rotatable bonds is 49. The summed E-state index contributed by atoms with van der Waals surface area (Å²) in [5.41, 5.74) is 0. The third kappa shape index (κ3) is 48.8. The van der Waals surface area contributed by atoms with E-state index in [1.54, 1.807) is 0 Å². The van der Waals surface area contributed by atoms with Crippen LogP contribution in [0.5, 0.6) is 0 Å². The molecule has 0 aromatic heterocycles. The number of ether oxygens (including phenoxy) is 3. The van der Waals surface area contributed by atoms with Gasteiger partial charge in [-0.05, 0) is 70.6 Å². The molecular formula is C55H102O6. The highest BCUT2D eigenvalue weighted by atomic mass is 16.6. The van der Waals surface area contributed by atoms with E-state index < -0.39 is 6.10 Å². The van der Waals surface area contributed by atoms with E-state index in [2.05, 4.69) is 45.1 Å². The maximum Gasteiger partial charge on any atom is 0.306 e. The van der Waals surface area contributed by atoms with Gasteiger partial charge in [-0.3, -0.25) is 14.4 Å². The normalized spacial score (nSPS) is 12.1. The summed E-state index contributed by atoms with van der Waals surface area (Å²) in [7, 11) is 0. The van der Waals surface area contributed by atoms with Crippen molar-refractivity contribution in [1.29, 1.82) is 0 Å². The van der Waals surface area contributed by atoms with Gasteiger partial charge in [0.2, 0.25) is 0 Å². The van der Waals surface area contributed by atoms with Gasteiger partial charge >= 0.3 is 17.9 Å². The molecule has 0 aliphatic rings. The van der Waals surface area contributed by atoms with Gasteiger partial charge in [-0.25, -0.2) is 0 Å². The lowest BCUT2D eigenvalue weighted by Gasteiger charge is -2.18. The molecule has 6 nitrogen and oxygen atoms in total. The van der Waals surface area contributed by atoms with Gasteiger partial charge in [0.15, 0.2) is 6.10 Å². The van der Waals surface area contributed by atoms with Crippen molar-refractivity contribution < 1.29 is 28.6 Å². The van der Waals surface area contributed by atoms with Gasteiger partial charge in [0.25, 0.3) is 0 Å². The molecule has 0 amide bonds. The Morgan fingerprint density at radius 3 is 0.836 bits per heavy atom. The summed E-state index contributed by atoms with van der Waals surface area (Å²) < 4.78 is 16.8. The smallest absolute Gasteiger partial charge is 0.306 e. The summed E-state index contributed by atoms with van der Waals surface area (Å²) in [5.74, 6) is -0.871. The van der Waals surface area contributed by atoms with Crippen LogP contribution in [0.2, 0.25) is 0 Å². The van der Waals surface area contributed by atoms with Crippen molar-refractivity contribution in [2.24, 2.45) is 0 Å². The minimum Gasteiger partial charge on any atom is -0.462 e. The summed E-state index contributed by atoms with van der Waals surface area (Å²) in [6.45, 7) is 6.64. The quantitative estimate of drug-likeness (QED) is 0.0262. The first-order chi connectivity index (χ1) is 30.0. The van der Waals surface area contributed by atoms with Gasteiger partial charge in [-0.2, -0.15) is 0 Å². The molecule has 61 heavy (non-hydrogen) atoms. The van der Waals surface area contributed by atoms with E-state index in [1.807, 2.05) is 0 Å². The Hall–Kier alpha value is -2.11. The molecular weight excluding hydrogens is 757 g/mol. The van der Waals surface area contributed by atoms with Crippen LogP contribution in [-0.4, -0.2) is 37.2 Å². The molecule has 0 rings (SSSR count). The van der Waals surface area contributed by atoms with Gasteiger partial charge in [0, 0.05) is 19.3 Å². The van der Waals surface area contributed by atoms with Crippen LogP contribution in [0.15, 0.2) is 24.3 Å². The van der Waals surface area contributed by atoms with Crippen LogP contribution < -0.4 is 0 Å². The van der Waals surface area contributed by atoms with Gasteiger partial charge in [-0.1, -0.05) is 225 Å². The zero-order valence-corrected chi connectivity index (χ0v) is 40.9. The molecule has 0 spiro atoms. The van der Waals surface area contributed by atoms with Crippen molar-refractivity contribution in [3.8, 4) is 0 Å². The third-order valence-corrected chi connectivity index (χ3v) is 11.9. The lowest BCUT2D eigenvalue weighted by Crippen LogP contribution is -2.30. The number of carbonyl (C=O) groups is 3. The lowest BCUT2D eigenvalue weighted by atomic mass is 10.0. The fourth-order valence-corrected chi connectivity index (χ4v) is 7.84. The summed E-state index contributed by atoms with van der Waals surface area (Å²) in [6, 6.07) is 0. The van der Waals surface area contributed by atoms with Crippen LogP contribution in [0.1, 0.15) is 290 Å². The highest BCUT2D eigenvalue weighted by Crippen LogP contribution is 2.16. The summed E-state index contributed by atoms with van der Waals surface area (Å²) in [6.07, 6.45) is 57.3. The van der Waals surface area contributed by atoms with E-state index >= 15 is 0 Å². The zero-order chi connectivity index (χ0) is 44.4. The first-order valence-electron chi connectivity index (χ1n) is 26.8. The van der Waals surface area contributed by atoms with Crippen LogP contribution in [0.3, 0.4) is 0 Å². The maximum absolute atomic E-state index is 12.8. The average molecular weight is 859 g/mol. The minimum atomic E-state index is -0.772. The van der Waals surface area contributed by atoms with E-state index in [0.29, 0.717) is 19.3 Å². The molecule has 358 valence electrons. The van der Waals surface area contributed by atoms with Crippen molar-refractivity contribution in [3.63, 3.8) is 0 Å². The second kappa shape index (κ2) is 50.5. The van der Waals surface area contributed by atoms with Gasteiger partial charge in [-0.15, -0.1) is 0 Å². The Labute approximate surface area is 379 Å². The Morgan fingerprint density at radius 1 is 0.311 bits per heavy atom. The topological polar surface area (TPSA) is 78.9 Å². The molecule has 1 atom stereocenters. The van der Waals surface area contributed by atoms with Crippen LogP contribution >= 0.6 is 0 Å². The number of carbonyl (C=O) groups excluding carboxylic acids is 3. The largest absolute Gasteiger partial charge is 0.462 e. The molecule has 0 N–H and O–H groups in total. The van der Waals surface area contributed by atoms with Crippen LogP contribution in [-0.2, 0) is 28.6 Å². The van der Waals surface area contributed by atoms with E-state index in [4.69, 9.17) is 14.2 Å². The zero-order valence-electron chi connectivity index (χ0n) is 40.9. The number of hydrogen-bond acceptors (Lipinski definition) is 6. The molecule has 0 aromatic rings. The van der Waals surface area contributed by atoms with Crippen molar-refractivity contribution in [2.45, 2.75) is 297 Å². The van der Waals surface area contributed by atoms with Crippen LogP contribution in [0, 0.1) is 0 Å². The predicted octanol–water partition coefficient (Wildman–Crippen LogP) is 17.5. The molecule has 0 aromatic carbocycles. The van der Waals surface area contributed by atoms with Crippen molar-refractivity contribution in [2.75, 3.05) is 13.2 Å². The molecule has 0 aliphatic heterocycles. The summed E-state index contributed by atoms with van der Waals surface area (Å²) >= 11 is 0. The number of allylic oxidation sites excluding steroid dienone is 4. The highest BCUT2D eigenvalue weighted by molar-refractivity contribution is 5.71. The number of esters is 3. The molecule has 6 heteroatoms.